The highest BCUT2D eigenvalue weighted by atomic mass is 35.5. The van der Waals surface area contributed by atoms with Crippen LogP contribution in [0.4, 0.5) is 5.69 Å². The summed E-state index contributed by atoms with van der Waals surface area (Å²) in [5.74, 6) is 1.70. The van der Waals surface area contributed by atoms with E-state index < -0.39 is 0 Å². The fourth-order valence-electron chi connectivity index (χ4n) is 4.20. The molecule has 0 atom stereocenters. The quantitative estimate of drug-likeness (QED) is 0.254. The first-order valence-corrected chi connectivity index (χ1v) is 12.1. The fraction of sp³-hybridized carbons (Fsp3) is 0.500. The minimum atomic E-state index is -0.00158. The Bertz CT molecular complexity index is 904. The van der Waals surface area contributed by atoms with Crippen LogP contribution in [-0.4, -0.2) is 44.5 Å². The zero-order valence-electron chi connectivity index (χ0n) is 19.7. The average Bonchev–Trinajstić information content (AvgIpc) is 3.09. The average molecular weight is 475 g/mol. The van der Waals surface area contributed by atoms with Crippen molar-refractivity contribution >= 4 is 23.1 Å². The lowest BCUT2D eigenvalue weighted by Crippen LogP contribution is -2.25. The standard InChI is InChI=1S/C26H35ClN2O4/c1-31-21-13-19(14-22(17-21)32-2)18-33-26-23(15-20(27)16-24(26)28)25(30)9-5-8-12-29-10-6-3-4-7-11-29/h13-17H,3-12,18,28H2,1-2H3. The first kappa shape index (κ1) is 25.2. The van der Waals surface area contributed by atoms with Crippen LogP contribution in [0.15, 0.2) is 30.3 Å². The Kier molecular flexibility index (Phi) is 9.70. The van der Waals surface area contributed by atoms with Gasteiger partial charge in [-0.1, -0.05) is 24.4 Å². The summed E-state index contributed by atoms with van der Waals surface area (Å²) in [6.07, 6.45) is 7.49. The molecule has 2 aromatic carbocycles. The SMILES string of the molecule is COc1cc(COc2c(N)cc(Cl)cc2C(=O)CCCCN2CCCCCC2)cc(OC)c1. The van der Waals surface area contributed by atoms with Crippen LogP contribution in [0.25, 0.3) is 0 Å². The lowest BCUT2D eigenvalue weighted by atomic mass is 10.0. The number of nitrogens with two attached hydrogens (primary N) is 1. The molecule has 1 saturated heterocycles. The number of ketones is 1. The largest absolute Gasteiger partial charge is 0.497 e. The van der Waals surface area contributed by atoms with Crippen molar-refractivity contribution in [3.8, 4) is 17.2 Å². The number of carbonyl (C=O) groups excluding carboxylic acids is 1. The van der Waals surface area contributed by atoms with Crippen LogP contribution in [0.3, 0.4) is 0 Å². The van der Waals surface area contributed by atoms with Crippen LogP contribution in [0.1, 0.15) is 60.9 Å². The van der Waals surface area contributed by atoms with Crippen LogP contribution < -0.4 is 19.9 Å². The number of hydrogen-bond acceptors (Lipinski definition) is 6. The van der Waals surface area contributed by atoms with Gasteiger partial charge in [0.05, 0.1) is 25.5 Å². The Labute approximate surface area is 201 Å². The number of anilines is 1. The molecule has 6 nitrogen and oxygen atoms in total. The summed E-state index contributed by atoms with van der Waals surface area (Å²) in [6.45, 7) is 3.61. The van der Waals surface area contributed by atoms with Gasteiger partial charge in [0.1, 0.15) is 18.1 Å². The Balaban J connectivity index is 1.63. The summed E-state index contributed by atoms with van der Waals surface area (Å²) in [4.78, 5) is 15.6. The molecule has 0 saturated carbocycles. The smallest absolute Gasteiger partial charge is 0.166 e. The second-order valence-electron chi connectivity index (χ2n) is 8.52. The molecule has 33 heavy (non-hydrogen) atoms. The van der Waals surface area contributed by atoms with Crippen molar-refractivity contribution in [3.63, 3.8) is 0 Å². The highest BCUT2D eigenvalue weighted by Crippen LogP contribution is 2.33. The van der Waals surface area contributed by atoms with Gasteiger partial charge < -0.3 is 24.8 Å². The van der Waals surface area contributed by atoms with Gasteiger partial charge in [-0.3, -0.25) is 4.79 Å². The van der Waals surface area contributed by atoms with Crippen LogP contribution in [0.2, 0.25) is 5.02 Å². The van der Waals surface area contributed by atoms with E-state index in [9.17, 15) is 4.79 Å². The molecule has 2 N–H and O–H groups in total. The zero-order chi connectivity index (χ0) is 23.6. The number of hydrogen-bond donors (Lipinski definition) is 1. The van der Waals surface area contributed by atoms with E-state index >= 15 is 0 Å². The lowest BCUT2D eigenvalue weighted by molar-refractivity contribution is 0.0973. The van der Waals surface area contributed by atoms with E-state index in [0.717, 1.165) is 24.9 Å². The van der Waals surface area contributed by atoms with Crippen LogP contribution in [0.5, 0.6) is 17.2 Å². The molecule has 7 heteroatoms. The van der Waals surface area contributed by atoms with Crippen molar-refractivity contribution in [2.75, 3.05) is 39.6 Å². The van der Waals surface area contributed by atoms with Crippen molar-refractivity contribution < 1.29 is 19.0 Å². The molecule has 2 aromatic rings. The number of Topliss-reactive ketones (excluding diaryl/α,β-unsaturated/α-hetero) is 1. The monoisotopic (exact) mass is 474 g/mol. The van der Waals surface area contributed by atoms with Crippen molar-refractivity contribution in [3.05, 3.63) is 46.5 Å². The second kappa shape index (κ2) is 12.7. The van der Waals surface area contributed by atoms with Gasteiger partial charge in [-0.05, 0) is 75.1 Å². The van der Waals surface area contributed by atoms with E-state index in [1.807, 2.05) is 12.1 Å². The maximum atomic E-state index is 13.0. The molecular weight excluding hydrogens is 440 g/mol. The number of nitrogens with zero attached hydrogens (tertiary/aromatic N) is 1. The number of rotatable bonds is 11. The summed E-state index contributed by atoms with van der Waals surface area (Å²) in [6, 6.07) is 8.77. The Morgan fingerprint density at radius 3 is 2.27 bits per heavy atom. The van der Waals surface area contributed by atoms with Gasteiger partial charge in [0.15, 0.2) is 11.5 Å². The van der Waals surface area contributed by atoms with Gasteiger partial charge in [-0.25, -0.2) is 0 Å². The maximum Gasteiger partial charge on any atom is 0.166 e. The van der Waals surface area contributed by atoms with Crippen molar-refractivity contribution in [1.29, 1.82) is 0 Å². The normalized spacial score (nSPS) is 14.5. The van der Waals surface area contributed by atoms with Crippen molar-refractivity contribution in [2.45, 2.75) is 51.6 Å². The number of carbonyl (C=O) groups is 1. The number of halogens is 1. The lowest BCUT2D eigenvalue weighted by Gasteiger charge is -2.19. The third-order valence-corrected chi connectivity index (χ3v) is 6.22. The van der Waals surface area contributed by atoms with Gasteiger partial charge in [0.2, 0.25) is 0 Å². The van der Waals surface area contributed by atoms with Crippen molar-refractivity contribution in [1.82, 2.24) is 4.90 Å². The summed E-state index contributed by atoms with van der Waals surface area (Å²) in [5.41, 5.74) is 7.82. The molecule has 3 rings (SSSR count). The van der Waals surface area contributed by atoms with Gasteiger partial charge in [-0.2, -0.15) is 0 Å². The van der Waals surface area contributed by atoms with Crippen LogP contribution >= 0.6 is 11.6 Å². The Hall–Kier alpha value is -2.44. The highest BCUT2D eigenvalue weighted by Gasteiger charge is 2.18. The van der Waals surface area contributed by atoms with Gasteiger partial charge in [-0.15, -0.1) is 0 Å². The number of methoxy groups -OCH3 is 2. The number of nitrogen functional groups attached to an aromatic ring is 1. The molecule has 0 amide bonds. The predicted molar refractivity (Wildman–Crippen MR) is 133 cm³/mol. The molecule has 0 spiro atoms. The summed E-state index contributed by atoms with van der Waals surface area (Å²) in [5, 5.41) is 0.427. The summed E-state index contributed by atoms with van der Waals surface area (Å²) < 4.78 is 16.7. The van der Waals surface area contributed by atoms with E-state index in [4.69, 9.17) is 31.5 Å². The molecule has 180 valence electrons. The van der Waals surface area contributed by atoms with Gasteiger partial charge >= 0.3 is 0 Å². The second-order valence-corrected chi connectivity index (χ2v) is 8.95. The van der Waals surface area contributed by atoms with Gasteiger partial charge in [0.25, 0.3) is 0 Å². The topological polar surface area (TPSA) is 74.0 Å². The van der Waals surface area contributed by atoms with Crippen molar-refractivity contribution in [2.24, 2.45) is 0 Å². The van der Waals surface area contributed by atoms with E-state index in [1.54, 1.807) is 32.4 Å². The first-order chi connectivity index (χ1) is 16.0. The molecule has 0 aromatic heterocycles. The molecular formula is C26H35ClN2O4. The molecule has 0 unspecified atom stereocenters. The highest BCUT2D eigenvalue weighted by molar-refractivity contribution is 6.31. The Morgan fingerprint density at radius 2 is 1.64 bits per heavy atom. The first-order valence-electron chi connectivity index (χ1n) is 11.7. The van der Waals surface area contributed by atoms with Gasteiger partial charge in [0, 0.05) is 17.5 Å². The summed E-state index contributed by atoms with van der Waals surface area (Å²) >= 11 is 6.21. The molecule has 0 aliphatic carbocycles. The summed E-state index contributed by atoms with van der Waals surface area (Å²) in [7, 11) is 3.19. The number of likely N-dealkylation sites (tertiary alicyclic amines) is 1. The molecule has 1 aliphatic rings. The zero-order valence-corrected chi connectivity index (χ0v) is 20.5. The van der Waals surface area contributed by atoms with E-state index in [1.165, 1.54) is 38.8 Å². The van der Waals surface area contributed by atoms with E-state index in [-0.39, 0.29) is 12.4 Å². The Morgan fingerprint density at radius 1 is 0.970 bits per heavy atom. The number of benzene rings is 2. The van der Waals surface area contributed by atoms with E-state index in [2.05, 4.69) is 4.90 Å². The number of ether oxygens (including phenoxy) is 3. The molecule has 1 aliphatic heterocycles. The van der Waals surface area contributed by atoms with Crippen LogP contribution in [0, 0.1) is 0 Å². The minimum absolute atomic E-state index is 0.00158. The maximum absolute atomic E-state index is 13.0. The fourth-order valence-corrected chi connectivity index (χ4v) is 4.43. The molecule has 0 bridgehead atoms. The van der Waals surface area contributed by atoms with E-state index in [0.29, 0.717) is 39.9 Å². The van der Waals surface area contributed by atoms with Crippen LogP contribution in [-0.2, 0) is 6.61 Å². The molecule has 0 radical (unpaired) electrons. The molecule has 1 heterocycles. The molecule has 1 fully saturated rings. The number of unbranched alkanes of at least 4 members (excludes halogenated alkanes) is 1. The third kappa shape index (κ3) is 7.54. The predicted octanol–water partition coefficient (Wildman–Crippen LogP) is 5.75. The minimum Gasteiger partial charge on any atom is -0.497 e. The third-order valence-electron chi connectivity index (χ3n) is 6.00.